The van der Waals surface area contributed by atoms with E-state index in [1.807, 2.05) is 31.3 Å². The van der Waals surface area contributed by atoms with Gasteiger partial charge < -0.3 is 0 Å². The van der Waals surface area contributed by atoms with E-state index in [0.29, 0.717) is 0 Å². The maximum atomic E-state index is 4.43. The summed E-state index contributed by atoms with van der Waals surface area (Å²) in [6.45, 7) is 2.02. The summed E-state index contributed by atoms with van der Waals surface area (Å²) in [5.41, 5.74) is 3.49. The topological polar surface area (TPSA) is 12.9 Å². The highest BCUT2D eigenvalue weighted by molar-refractivity contribution is 5.92. The molecule has 0 radical (unpaired) electrons. The van der Waals surface area contributed by atoms with Crippen LogP contribution in [0.15, 0.2) is 85.1 Å². The van der Waals surface area contributed by atoms with Crippen LogP contribution in [0.3, 0.4) is 0 Å². The molecule has 0 N–H and O–H groups in total. The van der Waals surface area contributed by atoms with E-state index in [-0.39, 0.29) is 0 Å². The molecule has 128 valence electrons. The molecule has 0 atom stereocenters. The second kappa shape index (κ2) is 10.5. The van der Waals surface area contributed by atoms with Crippen molar-refractivity contribution in [2.45, 2.75) is 13.3 Å². The van der Waals surface area contributed by atoms with Crippen LogP contribution in [0.2, 0.25) is 0 Å². The van der Waals surface area contributed by atoms with Crippen LogP contribution in [-0.4, -0.2) is 4.98 Å². The lowest BCUT2D eigenvalue weighted by Crippen LogP contribution is -1.87. The fourth-order valence-corrected chi connectivity index (χ4v) is 2.67. The van der Waals surface area contributed by atoms with E-state index in [1.54, 1.807) is 0 Å². The monoisotopic (exact) mass is 337 g/mol. The Morgan fingerprint density at radius 1 is 0.923 bits per heavy atom. The molecule has 1 heterocycles. The Hall–Kier alpha value is -3.37. The van der Waals surface area contributed by atoms with Crippen molar-refractivity contribution in [3.8, 4) is 12.8 Å². The summed E-state index contributed by atoms with van der Waals surface area (Å²) in [6, 6.07) is 19.1. The summed E-state index contributed by atoms with van der Waals surface area (Å²) in [5.74, 6) is 0. The minimum Gasteiger partial charge on any atom is -0.261 e. The quantitative estimate of drug-likeness (QED) is 0.391. The first-order valence-corrected chi connectivity index (χ1v) is 8.59. The Bertz CT molecular complexity index is 937. The van der Waals surface area contributed by atoms with Crippen LogP contribution in [0.5, 0.6) is 0 Å². The molecule has 1 heteroatoms. The van der Waals surface area contributed by atoms with Crippen molar-refractivity contribution in [1.29, 1.82) is 0 Å². The maximum absolute atomic E-state index is 4.43. The van der Waals surface area contributed by atoms with Gasteiger partial charge in [-0.05, 0) is 41.0 Å². The minimum atomic E-state index is 0.848. The summed E-state index contributed by atoms with van der Waals surface area (Å²) in [7, 11) is 0. The predicted molar refractivity (Wildman–Crippen MR) is 115 cm³/mol. The van der Waals surface area contributed by atoms with Crippen molar-refractivity contribution in [1.82, 2.24) is 4.98 Å². The van der Waals surface area contributed by atoms with Gasteiger partial charge in [0.2, 0.25) is 0 Å². The molecule has 0 saturated carbocycles. The fourth-order valence-electron chi connectivity index (χ4n) is 2.67. The molecule has 0 fully saturated rings. The fraction of sp³-hybridized carbons (Fsp3) is 0.0800. The summed E-state index contributed by atoms with van der Waals surface area (Å²) in [4.78, 5) is 4.43. The summed E-state index contributed by atoms with van der Waals surface area (Å²) in [5, 5.41) is 2.55. The number of fused-ring (bicyclic) bond motifs is 1. The molecule has 0 unspecified atom stereocenters. The average molecular weight is 337 g/mol. The molecule has 0 bridgehead atoms. The second-order valence-electron chi connectivity index (χ2n) is 5.64. The van der Waals surface area contributed by atoms with Crippen LogP contribution in [0.25, 0.3) is 22.9 Å². The van der Waals surface area contributed by atoms with Crippen molar-refractivity contribution < 1.29 is 0 Å². The van der Waals surface area contributed by atoms with Crippen molar-refractivity contribution >= 4 is 22.9 Å². The van der Waals surface area contributed by atoms with Gasteiger partial charge in [-0.1, -0.05) is 78.9 Å². The lowest BCUT2D eigenvalue weighted by Gasteiger charge is -2.02. The van der Waals surface area contributed by atoms with Crippen LogP contribution in [-0.2, 0) is 6.42 Å². The SMILES string of the molecule is C#C.C/C=C\C=C/Cc1cc(/C=C/c2cccc3ccccc23)ccn1. The molecule has 0 aliphatic rings. The van der Waals surface area contributed by atoms with Crippen molar-refractivity contribution in [3.63, 3.8) is 0 Å². The van der Waals surface area contributed by atoms with Crippen LogP contribution >= 0.6 is 0 Å². The van der Waals surface area contributed by atoms with Crippen LogP contribution in [0.1, 0.15) is 23.7 Å². The number of rotatable bonds is 5. The third-order valence-corrected chi connectivity index (χ3v) is 3.89. The number of terminal acetylenes is 1. The number of hydrogen-bond donors (Lipinski definition) is 0. The van der Waals surface area contributed by atoms with E-state index in [4.69, 9.17) is 0 Å². The highest BCUT2D eigenvalue weighted by atomic mass is 14.7. The van der Waals surface area contributed by atoms with Crippen LogP contribution in [0.4, 0.5) is 0 Å². The van der Waals surface area contributed by atoms with Crippen LogP contribution < -0.4 is 0 Å². The normalized spacial score (nSPS) is 11.2. The molecule has 26 heavy (non-hydrogen) atoms. The third-order valence-electron chi connectivity index (χ3n) is 3.89. The molecule has 2 aromatic carbocycles. The molecule has 0 spiro atoms. The Kier molecular flexibility index (Phi) is 7.65. The summed E-state index contributed by atoms with van der Waals surface area (Å²) in [6.07, 6.45) is 23.3. The van der Waals surface area contributed by atoms with Crippen molar-refractivity contribution in [2.24, 2.45) is 0 Å². The molecule has 3 aromatic rings. The molecule has 0 amide bonds. The Labute approximate surface area is 156 Å². The third kappa shape index (κ3) is 5.33. The van der Waals surface area contributed by atoms with Gasteiger partial charge in [0.05, 0.1) is 0 Å². The van der Waals surface area contributed by atoms with E-state index in [1.165, 1.54) is 21.9 Å². The number of allylic oxidation sites excluding steroid dienone is 4. The minimum absolute atomic E-state index is 0.848. The lowest BCUT2D eigenvalue weighted by molar-refractivity contribution is 1.11. The first-order chi connectivity index (χ1) is 12.9. The lowest BCUT2D eigenvalue weighted by atomic mass is 10.0. The van der Waals surface area contributed by atoms with E-state index >= 15 is 0 Å². The van der Waals surface area contributed by atoms with Crippen LogP contribution in [0, 0.1) is 12.8 Å². The van der Waals surface area contributed by atoms with E-state index in [2.05, 4.69) is 90.7 Å². The molecular weight excluding hydrogens is 314 g/mol. The zero-order valence-corrected chi connectivity index (χ0v) is 15.0. The largest absolute Gasteiger partial charge is 0.261 e. The highest BCUT2D eigenvalue weighted by Crippen LogP contribution is 2.20. The molecule has 1 aromatic heterocycles. The summed E-state index contributed by atoms with van der Waals surface area (Å²) >= 11 is 0. The molecule has 3 rings (SSSR count). The van der Waals surface area contributed by atoms with Crippen molar-refractivity contribution in [2.75, 3.05) is 0 Å². The molecule has 1 nitrogen and oxygen atoms in total. The second-order valence-corrected chi connectivity index (χ2v) is 5.64. The first kappa shape index (κ1) is 19.0. The zero-order valence-electron chi connectivity index (χ0n) is 15.0. The van der Waals surface area contributed by atoms with Gasteiger partial charge in [-0.25, -0.2) is 0 Å². The zero-order chi connectivity index (χ0) is 18.6. The number of hydrogen-bond acceptors (Lipinski definition) is 1. The van der Waals surface area contributed by atoms with Gasteiger partial charge >= 0.3 is 0 Å². The van der Waals surface area contributed by atoms with Gasteiger partial charge in [0, 0.05) is 18.3 Å². The van der Waals surface area contributed by atoms with Crippen molar-refractivity contribution in [3.05, 3.63) is 102 Å². The number of benzene rings is 2. The molecular formula is C25H23N. The van der Waals surface area contributed by atoms with Gasteiger partial charge in [0.25, 0.3) is 0 Å². The van der Waals surface area contributed by atoms with Gasteiger partial charge in [-0.2, -0.15) is 0 Å². The van der Waals surface area contributed by atoms with E-state index in [9.17, 15) is 0 Å². The summed E-state index contributed by atoms with van der Waals surface area (Å²) < 4.78 is 0. The molecule has 0 saturated heterocycles. The smallest absolute Gasteiger partial charge is 0.0447 e. The van der Waals surface area contributed by atoms with Gasteiger partial charge in [0.1, 0.15) is 0 Å². The number of nitrogens with zero attached hydrogens (tertiary/aromatic N) is 1. The maximum Gasteiger partial charge on any atom is 0.0447 e. The van der Waals surface area contributed by atoms with E-state index in [0.717, 1.165) is 12.1 Å². The number of aromatic nitrogens is 1. The average Bonchev–Trinajstić information content (AvgIpc) is 2.71. The number of pyridine rings is 1. The predicted octanol–water partition coefficient (Wildman–Crippen LogP) is 6.33. The van der Waals surface area contributed by atoms with Gasteiger partial charge in [0.15, 0.2) is 0 Å². The standard InChI is InChI=1S/C23H21N.C2H2/c1-2-3-4-5-12-22-18-19(16-17-24-22)14-15-21-11-8-10-20-9-6-7-13-23(20)21;1-2/h2-11,13-18H,12H2,1H3;1-2H/b3-2-,5-4-,15-14+;. The van der Waals surface area contributed by atoms with E-state index < -0.39 is 0 Å². The highest BCUT2D eigenvalue weighted by Gasteiger charge is 1.97. The Morgan fingerprint density at radius 2 is 1.73 bits per heavy atom. The van der Waals surface area contributed by atoms with Gasteiger partial charge in [-0.15, -0.1) is 12.8 Å². The van der Waals surface area contributed by atoms with Gasteiger partial charge in [-0.3, -0.25) is 4.98 Å². The molecule has 0 aliphatic heterocycles. The Balaban J connectivity index is 0.00000117. The molecule has 0 aliphatic carbocycles. The first-order valence-electron chi connectivity index (χ1n) is 8.59. The Morgan fingerprint density at radius 3 is 2.58 bits per heavy atom.